The Morgan fingerprint density at radius 3 is 2.71 bits per heavy atom. The van der Waals surface area contributed by atoms with Gasteiger partial charge in [0.05, 0.1) is 18.8 Å². The zero-order valence-corrected chi connectivity index (χ0v) is 12.0. The minimum absolute atomic E-state index is 0.0216. The maximum Gasteiger partial charge on any atom is 0.146 e. The average molecular weight is 289 g/mol. The van der Waals surface area contributed by atoms with E-state index in [2.05, 4.69) is 5.32 Å². The summed E-state index contributed by atoms with van der Waals surface area (Å²) >= 11 is 0. The van der Waals surface area contributed by atoms with E-state index in [1.165, 1.54) is 17.7 Å². The number of anilines is 1. The summed E-state index contributed by atoms with van der Waals surface area (Å²) in [7, 11) is 1.62. The molecule has 1 N–H and O–H groups in total. The van der Waals surface area contributed by atoms with Crippen molar-refractivity contribution >= 4 is 5.69 Å². The van der Waals surface area contributed by atoms with Crippen molar-refractivity contribution in [2.75, 3.05) is 12.4 Å². The van der Waals surface area contributed by atoms with Gasteiger partial charge < -0.3 is 10.1 Å². The van der Waals surface area contributed by atoms with Crippen LogP contribution in [0.1, 0.15) is 29.2 Å². The van der Waals surface area contributed by atoms with E-state index in [0.29, 0.717) is 5.56 Å². The van der Waals surface area contributed by atoms with Gasteiger partial charge in [0.2, 0.25) is 0 Å². The minimum Gasteiger partial charge on any atom is -0.497 e. The predicted molar refractivity (Wildman–Crippen MR) is 78.8 cm³/mol. The Balaban J connectivity index is 1.90. The Bertz CT molecular complexity index is 685. The van der Waals surface area contributed by atoms with E-state index in [9.17, 15) is 8.78 Å². The van der Waals surface area contributed by atoms with Crippen LogP contribution >= 0.6 is 0 Å². The summed E-state index contributed by atoms with van der Waals surface area (Å²) in [5, 5.41) is 3.11. The second kappa shape index (κ2) is 5.35. The van der Waals surface area contributed by atoms with Crippen LogP contribution in [0, 0.1) is 18.6 Å². The largest absolute Gasteiger partial charge is 0.497 e. The van der Waals surface area contributed by atoms with E-state index in [0.717, 1.165) is 24.2 Å². The molecule has 1 aliphatic rings. The first-order valence-electron chi connectivity index (χ1n) is 6.97. The molecule has 0 bridgehead atoms. The number of aryl methyl sites for hydroxylation is 2. The van der Waals surface area contributed by atoms with Crippen molar-refractivity contribution in [2.45, 2.75) is 25.8 Å². The number of fused-ring (bicyclic) bond motifs is 1. The number of nitrogens with one attached hydrogen (secondary N) is 1. The fourth-order valence-corrected chi connectivity index (χ4v) is 2.80. The lowest BCUT2D eigenvalue weighted by atomic mass is 10.1. The molecule has 0 aliphatic heterocycles. The molecule has 21 heavy (non-hydrogen) atoms. The van der Waals surface area contributed by atoms with Gasteiger partial charge in [-0.1, -0.05) is 6.07 Å². The Morgan fingerprint density at radius 2 is 1.95 bits per heavy atom. The van der Waals surface area contributed by atoms with Gasteiger partial charge in [0.1, 0.15) is 17.4 Å². The van der Waals surface area contributed by atoms with Crippen molar-refractivity contribution in [1.29, 1.82) is 0 Å². The number of hydrogen-bond acceptors (Lipinski definition) is 2. The molecule has 2 aromatic rings. The Morgan fingerprint density at radius 1 is 1.14 bits per heavy atom. The lowest BCUT2D eigenvalue weighted by Crippen LogP contribution is -2.09. The van der Waals surface area contributed by atoms with E-state index in [1.54, 1.807) is 14.0 Å². The van der Waals surface area contributed by atoms with E-state index in [-0.39, 0.29) is 11.7 Å². The monoisotopic (exact) mass is 289 g/mol. The van der Waals surface area contributed by atoms with Crippen LogP contribution < -0.4 is 10.1 Å². The Kier molecular flexibility index (Phi) is 3.53. The van der Waals surface area contributed by atoms with Gasteiger partial charge in [0.15, 0.2) is 0 Å². The number of rotatable bonds is 3. The third-order valence-electron chi connectivity index (χ3n) is 4.01. The summed E-state index contributed by atoms with van der Waals surface area (Å²) in [4.78, 5) is 0. The summed E-state index contributed by atoms with van der Waals surface area (Å²) in [6, 6.07) is 8.34. The molecule has 0 saturated carbocycles. The number of hydrogen-bond donors (Lipinski definition) is 1. The lowest BCUT2D eigenvalue weighted by molar-refractivity contribution is 0.414. The molecule has 1 unspecified atom stereocenters. The van der Waals surface area contributed by atoms with Crippen LogP contribution in [-0.2, 0) is 6.42 Å². The highest BCUT2D eigenvalue weighted by molar-refractivity contribution is 5.51. The van der Waals surface area contributed by atoms with E-state index in [1.807, 2.05) is 18.2 Å². The predicted octanol–water partition coefficient (Wildman–Crippen LogP) is 4.38. The van der Waals surface area contributed by atoms with Crippen LogP contribution in [0.25, 0.3) is 0 Å². The molecule has 2 nitrogen and oxygen atoms in total. The maximum atomic E-state index is 14.0. The van der Waals surface area contributed by atoms with Gasteiger partial charge in [-0.05, 0) is 54.7 Å². The van der Waals surface area contributed by atoms with Crippen molar-refractivity contribution in [3.05, 3.63) is 58.7 Å². The fraction of sp³-hybridized carbons (Fsp3) is 0.294. The smallest absolute Gasteiger partial charge is 0.146 e. The average Bonchev–Trinajstić information content (AvgIpc) is 2.87. The number of halogens is 2. The van der Waals surface area contributed by atoms with Gasteiger partial charge in [-0.15, -0.1) is 0 Å². The first-order valence-corrected chi connectivity index (χ1v) is 6.97. The molecule has 0 amide bonds. The summed E-state index contributed by atoms with van der Waals surface area (Å²) in [5.41, 5.74) is 2.83. The number of benzene rings is 2. The normalized spacial score (nSPS) is 16.7. The van der Waals surface area contributed by atoms with Crippen molar-refractivity contribution in [1.82, 2.24) is 0 Å². The molecule has 0 saturated heterocycles. The van der Waals surface area contributed by atoms with Gasteiger partial charge in [-0.3, -0.25) is 0 Å². The molecule has 0 radical (unpaired) electrons. The first-order chi connectivity index (χ1) is 10.1. The van der Waals surface area contributed by atoms with Crippen molar-refractivity contribution < 1.29 is 13.5 Å². The Hall–Kier alpha value is -2.10. The van der Waals surface area contributed by atoms with Crippen LogP contribution in [0.4, 0.5) is 14.5 Å². The quantitative estimate of drug-likeness (QED) is 0.905. The molecular formula is C17H17F2NO. The standard InChI is InChI=1S/C17H17F2NO/c1-10-7-15(19)17(9-14(10)18)20-16-6-4-11-3-5-12(21-2)8-13(11)16/h3,5,7-9,16,20H,4,6H2,1-2H3. The van der Waals surface area contributed by atoms with Gasteiger partial charge in [0, 0.05) is 6.07 Å². The van der Waals surface area contributed by atoms with Crippen molar-refractivity contribution in [2.24, 2.45) is 0 Å². The topological polar surface area (TPSA) is 21.3 Å². The molecule has 0 spiro atoms. The number of ether oxygens (including phenoxy) is 1. The SMILES string of the molecule is COc1ccc2c(c1)C(Nc1cc(F)c(C)cc1F)CC2. The maximum absolute atomic E-state index is 14.0. The molecular weight excluding hydrogens is 272 g/mol. The minimum atomic E-state index is -0.426. The van der Waals surface area contributed by atoms with Crippen LogP contribution in [0.5, 0.6) is 5.75 Å². The van der Waals surface area contributed by atoms with Crippen LogP contribution in [0.2, 0.25) is 0 Å². The van der Waals surface area contributed by atoms with Crippen LogP contribution in [0.15, 0.2) is 30.3 Å². The molecule has 1 atom stereocenters. The summed E-state index contributed by atoms with van der Waals surface area (Å²) in [5.74, 6) is -0.0500. The molecule has 4 heteroatoms. The molecule has 0 aromatic heterocycles. The summed E-state index contributed by atoms with van der Waals surface area (Å²) in [6.45, 7) is 1.55. The van der Waals surface area contributed by atoms with Gasteiger partial charge >= 0.3 is 0 Å². The number of methoxy groups -OCH3 is 1. The van der Waals surface area contributed by atoms with Gasteiger partial charge in [0.25, 0.3) is 0 Å². The molecule has 2 aromatic carbocycles. The second-order valence-electron chi connectivity index (χ2n) is 5.38. The molecule has 1 aliphatic carbocycles. The zero-order chi connectivity index (χ0) is 15.0. The molecule has 0 heterocycles. The van der Waals surface area contributed by atoms with Gasteiger partial charge in [-0.25, -0.2) is 8.78 Å². The fourth-order valence-electron chi connectivity index (χ4n) is 2.80. The second-order valence-corrected chi connectivity index (χ2v) is 5.38. The third-order valence-corrected chi connectivity index (χ3v) is 4.01. The lowest BCUT2D eigenvalue weighted by Gasteiger charge is -2.17. The third kappa shape index (κ3) is 2.58. The highest BCUT2D eigenvalue weighted by atomic mass is 19.1. The van der Waals surface area contributed by atoms with E-state index >= 15 is 0 Å². The highest BCUT2D eigenvalue weighted by Crippen LogP contribution is 2.36. The van der Waals surface area contributed by atoms with Gasteiger partial charge in [-0.2, -0.15) is 0 Å². The zero-order valence-electron chi connectivity index (χ0n) is 12.0. The highest BCUT2D eigenvalue weighted by Gasteiger charge is 2.24. The summed E-state index contributed by atoms with van der Waals surface area (Å²) < 4.78 is 32.8. The molecule has 3 rings (SSSR count). The Labute approximate surface area is 122 Å². The first kappa shape index (κ1) is 13.9. The van der Waals surface area contributed by atoms with Crippen LogP contribution in [0.3, 0.4) is 0 Å². The summed E-state index contributed by atoms with van der Waals surface area (Å²) in [6.07, 6.45) is 1.78. The van der Waals surface area contributed by atoms with Crippen LogP contribution in [-0.4, -0.2) is 7.11 Å². The van der Waals surface area contributed by atoms with E-state index < -0.39 is 11.6 Å². The van der Waals surface area contributed by atoms with Crippen molar-refractivity contribution in [3.63, 3.8) is 0 Å². The molecule has 110 valence electrons. The molecule has 0 fully saturated rings. The van der Waals surface area contributed by atoms with E-state index in [4.69, 9.17) is 4.74 Å². The van der Waals surface area contributed by atoms with Crippen molar-refractivity contribution in [3.8, 4) is 5.75 Å².